The van der Waals surface area contributed by atoms with E-state index in [2.05, 4.69) is 15.0 Å². The molecule has 0 aliphatic rings. The molecule has 0 fully saturated rings. The zero-order chi connectivity index (χ0) is 22.3. The van der Waals surface area contributed by atoms with Crippen LogP contribution in [0.25, 0.3) is 0 Å². The minimum absolute atomic E-state index is 0.105. The van der Waals surface area contributed by atoms with Crippen LogP contribution in [0, 0.1) is 0 Å². The van der Waals surface area contributed by atoms with Gasteiger partial charge in [-0.25, -0.2) is 8.42 Å². The van der Waals surface area contributed by atoms with Crippen molar-refractivity contribution in [1.29, 1.82) is 0 Å². The van der Waals surface area contributed by atoms with Gasteiger partial charge in [-0.1, -0.05) is 25.1 Å². The molecule has 7 nitrogen and oxygen atoms in total. The summed E-state index contributed by atoms with van der Waals surface area (Å²) >= 11 is 0. The van der Waals surface area contributed by atoms with Gasteiger partial charge in [-0.2, -0.15) is 0 Å². The summed E-state index contributed by atoms with van der Waals surface area (Å²) in [6.07, 6.45) is 3.13. The molecular formula is C23H25N3O4S. The lowest BCUT2D eigenvalue weighted by Gasteiger charge is -2.13. The van der Waals surface area contributed by atoms with Crippen LogP contribution in [0.4, 0.5) is 5.69 Å². The van der Waals surface area contributed by atoms with Crippen LogP contribution in [-0.2, 0) is 22.9 Å². The van der Waals surface area contributed by atoms with Crippen molar-refractivity contribution in [2.45, 2.75) is 24.7 Å². The van der Waals surface area contributed by atoms with Crippen molar-refractivity contribution >= 4 is 21.6 Å². The fourth-order valence-electron chi connectivity index (χ4n) is 3.00. The van der Waals surface area contributed by atoms with Gasteiger partial charge in [0.2, 0.25) is 0 Å². The number of aromatic nitrogens is 1. The Morgan fingerprint density at radius 1 is 1.06 bits per heavy atom. The highest BCUT2D eigenvalue weighted by Crippen LogP contribution is 2.27. The molecule has 0 aliphatic heterocycles. The molecule has 1 amide bonds. The average molecular weight is 440 g/mol. The first-order chi connectivity index (χ1) is 14.9. The van der Waals surface area contributed by atoms with E-state index < -0.39 is 10.0 Å². The van der Waals surface area contributed by atoms with E-state index in [0.29, 0.717) is 18.7 Å². The van der Waals surface area contributed by atoms with Crippen molar-refractivity contribution in [1.82, 2.24) is 10.3 Å². The predicted octanol–water partition coefficient (Wildman–Crippen LogP) is 3.43. The van der Waals surface area contributed by atoms with E-state index in [1.165, 1.54) is 25.3 Å². The minimum Gasteiger partial charge on any atom is -0.495 e. The number of sulfonamides is 1. The zero-order valence-electron chi connectivity index (χ0n) is 17.5. The first-order valence-electron chi connectivity index (χ1n) is 9.91. The monoisotopic (exact) mass is 439 g/mol. The van der Waals surface area contributed by atoms with Crippen molar-refractivity contribution in [3.8, 4) is 5.75 Å². The number of benzene rings is 2. The summed E-state index contributed by atoms with van der Waals surface area (Å²) in [5.41, 5.74) is 2.62. The Labute approximate surface area is 182 Å². The van der Waals surface area contributed by atoms with Crippen LogP contribution in [-0.4, -0.2) is 33.0 Å². The van der Waals surface area contributed by atoms with E-state index >= 15 is 0 Å². The molecule has 8 heteroatoms. The number of aryl methyl sites for hydroxylation is 1. The molecule has 2 N–H and O–H groups in total. The van der Waals surface area contributed by atoms with Crippen LogP contribution in [0.2, 0.25) is 0 Å². The molecule has 0 spiro atoms. The lowest BCUT2D eigenvalue weighted by atomic mass is 10.2. The molecule has 0 unspecified atom stereocenters. The third-order valence-electron chi connectivity index (χ3n) is 4.72. The highest BCUT2D eigenvalue weighted by molar-refractivity contribution is 7.92. The molecule has 1 aromatic heterocycles. The maximum Gasteiger partial charge on any atom is 0.265 e. The third-order valence-corrected chi connectivity index (χ3v) is 6.13. The van der Waals surface area contributed by atoms with Gasteiger partial charge in [0.25, 0.3) is 15.9 Å². The molecule has 0 bridgehead atoms. The highest BCUT2D eigenvalue weighted by Gasteiger charge is 2.22. The number of carbonyl (C=O) groups excluding carboxylic acids is 1. The molecule has 0 atom stereocenters. The molecule has 3 aromatic rings. The van der Waals surface area contributed by atoms with Crippen molar-refractivity contribution in [2.24, 2.45) is 0 Å². The summed E-state index contributed by atoms with van der Waals surface area (Å²) in [4.78, 5) is 16.7. The Balaban J connectivity index is 1.76. The molecule has 0 saturated carbocycles. The van der Waals surface area contributed by atoms with Crippen molar-refractivity contribution in [2.75, 3.05) is 18.4 Å². The maximum atomic E-state index is 13.0. The SMILES string of the molecule is CCc1ccc(NS(=O)(=O)c2cc(C(=O)NCCc3ccccn3)ccc2OC)cc1. The number of amides is 1. The summed E-state index contributed by atoms with van der Waals surface area (Å²) in [7, 11) is -2.57. The van der Waals surface area contributed by atoms with Crippen LogP contribution in [0.15, 0.2) is 71.8 Å². The normalized spacial score (nSPS) is 11.0. The van der Waals surface area contributed by atoms with E-state index in [9.17, 15) is 13.2 Å². The summed E-state index contributed by atoms with van der Waals surface area (Å²) in [6.45, 7) is 2.41. The Morgan fingerprint density at radius 3 is 2.48 bits per heavy atom. The van der Waals surface area contributed by atoms with Crippen molar-refractivity contribution < 1.29 is 17.9 Å². The fourth-order valence-corrected chi connectivity index (χ4v) is 4.25. The van der Waals surface area contributed by atoms with Gasteiger partial charge in [-0.3, -0.25) is 14.5 Å². The standard InChI is InChI=1S/C23H25N3O4S/c1-3-17-7-10-20(11-8-17)26-31(28,29)22-16-18(9-12-21(22)30-2)23(27)25-15-13-19-6-4-5-14-24-19/h4-12,14,16,26H,3,13,15H2,1-2H3,(H,25,27). The number of hydrogen-bond donors (Lipinski definition) is 2. The Bertz CT molecular complexity index is 1130. The van der Waals surface area contributed by atoms with Gasteiger partial charge in [0.15, 0.2) is 0 Å². The number of ether oxygens (including phenoxy) is 1. The summed E-state index contributed by atoms with van der Waals surface area (Å²) < 4.78 is 33.7. The van der Waals surface area contributed by atoms with Gasteiger partial charge in [-0.15, -0.1) is 0 Å². The van der Waals surface area contributed by atoms with Crippen LogP contribution in [0.1, 0.15) is 28.5 Å². The predicted molar refractivity (Wildman–Crippen MR) is 120 cm³/mol. The van der Waals surface area contributed by atoms with Crippen molar-refractivity contribution in [3.63, 3.8) is 0 Å². The van der Waals surface area contributed by atoms with Crippen molar-refractivity contribution in [3.05, 3.63) is 83.7 Å². The topological polar surface area (TPSA) is 97.4 Å². The van der Waals surface area contributed by atoms with E-state index in [1.807, 2.05) is 37.3 Å². The summed E-state index contributed by atoms with van der Waals surface area (Å²) in [6, 6.07) is 17.0. The summed E-state index contributed by atoms with van der Waals surface area (Å²) in [5, 5.41) is 2.79. The van der Waals surface area contributed by atoms with Gasteiger partial charge >= 0.3 is 0 Å². The number of carbonyl (C=O) groups is 1. The van der Waals surface area contributed by atoms with E-state index in [-0.39, 0.29) is 22.1 Å². The van der Waals surface area contributed by atoms with Crippen LogP contribution < -0.4 is 14.8 Å². The minimum atomic E-state index is -3.96. The van der Waals surface area contributed by atoms with Crippen LogP contribution >= 0.6 is 0 Å². The Kier molecular flexibility index (Phi) is 7.25. The number of methoxy groups -OCH3 is 1. The summed E-state index contributed by atoms with van der Waals surface area (Å²) in [5.74, 6) is -0.218. The molecule has 1 heterocycles. The number of anilines is 1. The number of nitrogens with one attached hydrogen (secondary N) is 2. The lowest BCUT2D eigenvalue weighted by Crippen LogP contribution is -2.26. The second-order valence-electron chi connectivity index (χ2n) is 6.85. The number of hydrogen-bond acceptors (Lipinski definition) is 5. The van der Waals surface area contributed by atoms with Gasteiger partial charge < -0.3 is 10.1 Å². The second kappa shape index (κ2) is 10.1. The molecule has 0 radical (unpaired) electrons. The largest absolute Gasteiger partial charge is 0.495 e. The van der Waals surface area contributed by atoms with Gasteiger partial charge in [0.1, 0.15) is 10.6 Å². The number of rotatable bonds is 9. The molecule has 2 aromatic carbocycles. The van der Waals surface area contributed by atoms with Crippen LogP contribution in [0.5, 0.6) is 5.75 Å². The molecular weight excluding hydrogens is 414 g/mol. The zero-order valence-corrected chi connectivity index (χ0v) is 18.3. The van der Waals surface area contributed by atoms with Gasteiger partial charge in [0, 0.05) is 36.1 Å². The molecule has 162 valence electrons. The molecule has 0 saturated heterocycles. The fraction of sp³-hybridized carbons (Fsp3) is 0.217. The highest BCUT2D eigenvalue weighted by atomic mass is 32.2. The van der Waals surface area contributed by atoms with E-state index in [4.69, 9.17) is 4.74 Å². The van der Waals surface area contributed by atoms with Gasteiger partial charge in [-0.05, 0) is 54.4 Å². The average Bonchev–Trinajstić information content (AvgIpc) is 2.79. The third kappa shape index (κ3) is 5.82. The Hall–Kier alpha value is -3.39. The first-order valence-corrected chi connectivity index (χ1v) is 11.4. The Morgan fingerprint density at radius 2 is 1.84 bits per heavy atom. The number of pyridine rings is 1. The first kappa shape index (κ1) is 22.3. The molecule has 0 aliphatic carbocycles. The van der Waals surface area contributed by atoms with Crippen LogP contribution in [0.3, 0.4) is 0 Å². The van der Waals surface area contributed by atoms with E-state index in [1.54, 1.807) is 18.3 Å². The lowest BCUT2D eigenvalue weighted by molar-refractivity contribution is 0.0954. The maximum absolute atomic E-state index is 13.0. The second-order valence-corrected chi connectivity index (χ2v) is 8.50. The molecule has 3 rings (SSSR count). The number of nitrogens with zero attached hydrogens (tertiary/aromatic N) is 1. The molecule has 31 heavy (non-hydrogen) atoms. The quantitative estimate of drug-likeness (QED) is 0.532. The smallest absolute Gasteiger partial charge is 0.265 e. The van der Waals surface area contributed by atoms with E-state index in [0.717, 1.165) is 17.7 Å². The van der Waals surface area contributed by atoms with Gasteiger partial charge in [0.05, 0.1) is 7.11 Å².